The van der Waals surface area contributed by atoms with Gasteiger partial charge in [0.05, 0.1) is 29.4 Å². The highest BCUT2D eigenvalue weighted by atomic mass is 16.5. The van der Waals surface area contributed by atoms with Gasteiger partial charge in [0.1, 0.15) is 0 Å². The molecule has 31 heavy (non-hydrogen) atoms. The second kappa shape index (κ2) is 8.42. The number of methoxy groups -OCH3 is 1. The number of carbonyl (C=O) groups excluding carboxylic acids is 1. The summed E-state index contributed by atoms with van der Waals surface area (Å²) in [5, 5.41) is 5.37. The molecule has 0 unspecified atom stereocenters. The zero-order valence-corrected chi connectivity index (χ0v) is 19.2. The molecular formula is C25H32N4O2. The molecule has 0 bridgehead atoms. The highest BCUT2D eigenvalue weighted by Crippen LogP contribution is 2.33. The summed E-state index contributed by atoms with van der Waals surface area (Å²) in [6, 6.07) is 10.4. The lowest BCUT2D eigenvalue weighted by Crippen LogP contribution is -2.43. The molecule has 1 fully saturated rings. The summed E-state index contributed by atoms with van der Waals surface area (Å²) >= 11 is 0. The number of hydrogen-bond acceptors (Lipinski definition) is 4. The van der Waals surface area contributed by atoms with Gasteiger partial charge >= 0.3 is 0 Å². The minimum absolute atomic E-state index is 0.0588. The van der Waals surface area contributed by atoms with Gasteiger partial charge in [-0.05, 0) is 45.1 Å². The first-order valence-electron chi connectivity index (χ1n) is 11.0. The van der Waals surface area contributed by atoms with Crippen LogP contribution in [-0.4, -0.2) is 52.4 Å². The van der Waals surface area contributed by atoms with Crippen molar-refractivity contribution in [3.63, 3.8) is 0 Å². The molecule has 6 nitrogen and oxygen atoms in total. The van der Waals surface area contributed by atoms with E-state index < -0.39 is 0 Å². The lowest BCUT2D eigenvalue weighted by molar-refractivity contribution is 0.0302. The van der Waals surface area contributed by atoms with Gasteiger partial charge in [0, 0.05) is 31.8 Å². The zero-order valence-electron chi connectivity index (χ0n) is 19.2. The number of pyridine rings is 1. The fourth-order valence-corrected chi connectivity index (χ4v) is 4.36. The normalized spacial score (nSPS) is 16.3. The van der Waals surface area contributed by atoms with E-state index in [0.717, 1.165) is 54.8 Å². The Hall–Kier alpha value is -2.73. The van der Waals surface area contributed by atoms with Crippen LogP contribution in [0, 0.1) is 12.3 Å². The molecule has 0 N–H and O–H groups in total. The van der Waals surface area contributed by atoms with Crippen molar-refractivity contribution < 1.29 is 9.53 Å². The lowest BCUT2D eigenvalue weighted by atomic mass is 9.81. The van der Waals surface area contributed by atoms with Crippen molar-refractivity contribution in [2.45, 2.75) is 46.6 Å². The Balaban J connectivity index is 1.74. The Morgan fingerprint density at radius 1 is 1.19 bits per heavy atom. The molecule has 1 aliphatic rings. The van der Waals surface area contributed by atoms with Crippen molar-refractivity contribution in [2.24, 2.45) is 5.41 Å². The van der Waals surface area contributed by atoms with Crippen LogP contribution < -0.4 is 0 Å². The summed E-state index contributed by atoms with van der Waals surface area (Å²) in [5.74, 6) is 0.0588. The molecule has 164 valence electrons. The number of amides is 1. The fraction of sp³-hybridized carbons (Fsp3) is 0.480. The van der Waals surface area contributed by atoms with Crippen LogP contribution in [0.3, 0.4) is 0 Å². The van der Waals surface area contributed by atoms with Crippen molar-refractivity contribution in [1.82, 2.24) is 19.7 Å². The van der Waals surface area contributed by atoms with Crippen LogP contribution in [0.4, 0.5) is 0 Å². The zero-order chi connectivity index (χ0) is 22.2. The average molecular weight is 421 g/mol. The van der Waals surface area contributed by atoms with Crippen molar-refractivity contribution in [3.05, 3.63) is 47.7 Å². The molecule has 1 amide bonds. The van der Waals surface area contributed by atoms with E-state index in [9.17, 15) is 4.79 Å². The van der Waals surface area contributed by atoms with Crippen LogP contribution in [0.5, 0.6) is 0 Å². The van der Waals surface area contributed by atoms with Crippen molar-refractivity contribution in [1.29, 1.82) is 0 Å². The molecule has 0 atom stereocenters. The topological polar surface area (TPSA) is 60.2 Å². The van der Waals surface area contributed by atoms with Crippen molar-refractivity contribution in [3.8, 4) is 11.3 Å². The highest BCUT2D eigenvalue weighted by Gasteiger charge is 2.33. The second-order valence-corrected chi connectivity index (χ2v) is 9.38. The molecule has 1 saturated heterocycles. The summed E-state index contributed by atoms with van der Waals surface area (Å²) < 4.78 is 7.30. The van der Waals surface area contributed by atoms with Crippen molar-refractivity contribution in [2.75, 3.05) is 26.8 Å². The van der Waals surface area contributed by atoms with E-state index in [4.69, 9.17) is 9.72 Å². The number of fused-ring (bicyclic) bond motifs is 1. The van der Waals surface area contributed by atoms with E-state index in [1.807, 2.05) is 15.6 Å². The van der Waals surface area contributed by atoms with Crippen molar-refractivity contribution >= 4 is 16.9 Å². The number of ether oxygens (including phenoxy) is 1. The molecule has 0 aliphatic carbocycles. The molecule has 1 aliphatic heterocycles. The molecular weight excluding hydrogens is 388 g/mol. The van der Waals surface area contributed by atoms with E-state index in [2.05, 4.69) is 57.1 Å². The fourth-order valence-electron chi connectivity index (χ4n) is 4.36. The monoisotopic (exact) mass is 420 g/mol. The highest BCUT2D eigenvalue weighted by molar-refractivity contribution is 6.06. The first-order valence-corrected chi connectivity index (χ1v) is 11.0. The van der Waals surface area contributed by atoms with Gasteiger partial charge in [-0.25, -0.2) is 9.67 Å². The summed E-state index contributed by atoms with van der Waals surface area (Å²) in [4.78, 5) is 20.5. The largest absolute Gasteiger partial charge is 0.384 e. The van der Waals surface area contributed by atoms with E-state index in [-0.39, 0.29) is 17.4 Å². The van der Waals surface area contributed by atoms with Crippen LogP contribution in [0.25, 0.3) is 22.3 Å². The predicted octanol–water partition coefficient (Wildman–Crippen LogP) is 4.88. The Morgan fingerprint density at radius 3 is 2.48 bits per heavy atom. The Kier molecular flexibility index (Phi) is 5.84. The number of likely N-dealkylation sites (tertiary alicyclic amines) is 1. The van der Waals surface area contributed by atoms with E-state index in [1.54, 1.807) is 13.3 Å². The van der Waals surface area contributed by atoms with Crippen LogP contribution in [0.1, 0.15) is 55.6 Å². The molecule has 0 spiro atoms. The van der Waals surface area contributed by atoms with Gasteiger partial charge in [0.2, 0.25) is 0 Å². The molecule has 6 heteroatoms. The first kappa shape index (κ1) is 21.5. The number of aromatic nitrogens is 3. The number of aryl methyl sites for hydroxylation is 1. The van der Waals surface area contributed by atoms with Gasteiger partial charge in [-0.15, -0.1) is 0 Å². The Bertz CT molecular complexity index is 1080. The standard InChI is InChI=1S/C25H32N4O2/c1-17(2)29-23-21(15-26-29)20(14-22(27-23)19-8-6-18(3)7-9-19)24(30)28-12-10-25(4,11-13-28)16-31-5/h6-9,14-15,17H,10-13,16H2,1-5H3. The number of benzene rings is 1. The number of hydrogen-bond donors (Lipinski definition) is 0. The third-order valence-corrected chi connectivity index (χ3v) is 6.38. The van der Waals surface area contributed by atoms with Gasteiger partial charge in [-0.1, -0.05) is 36.8 Å². The smallest absolute Gasteiger partial charge is 0.254 e. The van der Waals surface area contributed by atoms with Crippen LogP contribution >= 0.6 is 0 Å². The predicted molar refractivity (Wildman–Crippen MR) is 123 cm³/mol. The number of carbonyl (C=O) groups is 1. The summed E-state index contributed by atoms with van der Waals surface area (Å²) in [6.07, 6.45) is 3.67. The maximum Gasteiger partial charge on any atom is 0.254 e. The third kappa shape index (κ3) is 4.22. The Morgan fingerprint density at radius 2 is 1.87 bits per heavy atom. The SMILES string of the molecule is COCC1(C)CCN(C(=O)c2cc(-c3ccc(C)cc3)nc3c2cnn3C(C)C)CC1. The van der Waals surface area contributed by atoms with Crippen LogP contribution in [-0.2, 0) is 4.74 Å². The van der Waals surface area contributed by atoms with Gasteiger partial charge in [-0.2, -0.15) is 5.10 Å². The second-order valence-electron chi connectivity index (χ2n) is 9.38. The van der Waals surface area contributed by atoms with Gasteiger partial charge in [0.15, 0.2) is 5.65 Å². The molecule has 0 saturated carbocycles. The van der Waals surface area contributed by atoms with Gasteiger partial charge < -0.3 is 9.64 Å². The molecule has 3 aromatic rings. The van der Waals surface area contributed by atoms with Gasteiger partial charge in [-0.3, -0.25) is 4.79 Å². The molecule has 3 heterocycles. The van der Waals surface area contributed by atoms with E-state index in [1.165, 1.54) is 5.56 Å². The summed E-state index contributed by atoms with van der Waals surface area (Å²) in [5.41, 5.74) is 4.58. The molecule has 4 rings (SSSR count). The molecule has 2 aromatic heterocycles. The number of piperidine rings is 1. The number of nitrogens with zero attached hydrogens (tertiary/aromatic N) is 4. The third-order valence-electron chi connectivity index (χ3n) is 6.38. The Labute approximate surface area is 184 Å². The molecule has 1 aromatic carbocycles. The lowest BCUT2D eigenvalue weighted by Gasteiger charge is -2.39. The maximum absolute atomic E-state index is 13.6. The minimum Gasteiger partial charge on any atom is -0.384 e. The summed E-state index contributed by atoms with van der Waals surface area (Å²) in [6.45, 7) is 10.7. The quantitative estimate of drug-likeness (QED) is 0.590. The number of rotatable bonds is 5. The first-order chi connectivity index (χ1) is 14.8. The van der Waals surface area contributed by atoms with E-state index in [0.29, 0.717) is 5.56 Å². The van der Waals surface area contributed by atoms with Crippen LogP contribution in [0.2, 0.25) is 0 Å². The average Bonchev–Trinajstić information content (AvgIpc) is 3.18. The molecule has 0 radical (unpaired) electrons. The van der Waals surface area contributed by atoms with E-state index >= 15 is 0 Å². The van der Waals surface area contributed by atoms with Crippen LogP contribution in [0.15, 0.2) is 36.5 Å². The summed E-state index contributed by atoms with van der Waals surface area (Å²) in [7, 11) is 1.75. The van der Waals surface area contributed by atoms with Gasteiger partial charge in [0.25, 0.3) is 5.91 Å². The minimum atomic E-state index is 0.0588. The maximum atomic E-state index is 13.6.